The molecule has 15 heteroatoms. The van der Waals surface area contributed by atoms with Gasteiger partial charge in [-0.05, 0) is 84.1 Å². The number of aryl methyl sites for hydroxylation is 1. The van der Waals surface area contributed by atoms with Gasteiger partial charge in [-0.2, -0.15) is 0 Å². The van der Waals surface area contributed by atoms with Crippen LogP contribution < -0.4 is 5.32 Å². The number of cyclic esters (lactones) is 1. The van der Waals surface area contributed by atoms with Crippen molar-refractivity contribution in [3.8, 4) is 0 Å². The van der Waals surface area contributed by atoms with Crippen molar-refractivity contribution in [3.05, 3.63) is 48.9 Å². The van der Waals surface area contributed by atoms with Gasteiger partial charge in [-0.25, -0.2) is 18.4 Å². The quantitative estimate of drug-likeness (QED) is 0.111. The second-order valence-corrected chi connectivity index (χ2v) is 17.3. The molecule has 13 nitrogen and oxygen atoms in total. The highest BCUT2D eigenvalue weighted by atomic mass is 19.1. The number of rotatable bonds is 12. The zero-order chi connectivity index (χ0) is 43.6. The smallest absolute Gasteiger partial charge is 0.410 e. The van der Waals surface area contributed by atoms with E-state index in [0.29, 0.717) is 32.4 Å². The molecule has 59 heavy (non-hydrogen) atoms. The van der Waals surface area contributed by atoms with Gasteiger partial charge in [-0.3, -0.25) is 9.59 Å². The van der Waals surface area contributed by atoms with Gasteiger partial charge in [0.05, 0.1) is 23.9 Å². The van der Waals surface area contributed by atoms with Crippen LogP contribution in [0, 0.1) is 23.6 Å². The van der Waals surface area contributed by atoms with Crippen LogP contribution in [0.4, 0.5) is 13.6 Å². The van der Waals surface area contributed by atoms with Gasteiger partial charge in [0, 0.05) is 67.6 Å². The number of aliphatic hydroxyl groups is 1. The molecule has 328 valence electrons. The Morgan fingerprint density at radius 3 is 2.41 bits per heavy atom. The number of hydrogen-bond donors (Lipinski definition) is 2. The van der Waals surface area contributed by atoms with Crippen LogP contribution in [-0.4, -0.2) is 118 Å². The summed E-state index contributed by atoms with van der Waals surface area (Å²) in [4.78, 5) is 58.2. The first-order chi connectivity index (χ1) is 27.7. The first-order valence-corrected chi connectivity index (χ1v) is 20.8. The Balaban J connectivity index is 1.48. The average molecular weight is 832 g/mol. The summed E-state index contributed by atoms with van der Waals surface area (Å²) in [6.45, 7) is 17.3. The number of fused-ring (bicyclic) bond motifs is 2. The summed E-state index contributed by atoms with van der Waals surface area (Å²) in [5.41, 5.74) is -5.41. The third-order valence-electron chi connectivity index (χ3n) is 12.9. The van der Waals surface area contributed by atoms with E-state index in [0.717, 1.165) is 17.8 Å². The number of ketones is 2. The molecule has 1 aromatic carbocycles. The number of esters is 1. The van der Waals surface area contributed by atoms with Crippen LogP contribution in [-0.2, 0) is 44.6 Å². The molecule has 3 saturated heterocycles. The zero-order valence-corrected chi connectivity index (χ0v) is 35.9. The van der Waals surface area contributed by atoms with Crippen LogP contribution in [0.1, 0.15) is 87.5 Å². The number of halogens is 2. The van der Waals surface area contributed by atoms with Crippen molar-refractivity contribution in [3.63, 3.8) is 0 Å². The Labute approximate surface area is 346 Å². The summed E-state index contributed by atoms with van der Waals surface area (Å²) >= 11 is 0. The number of carbonyl (C=O) groups excluding carboxylic acids is 4. The molecule has 1 unspecified atom stereocenters. The molecule has 1 amide bonds. The Bertz CT molecular complexity index is 1860. The van der Waals surface area contributed by atoms with Gasteiger partial charge < -0.3 is 43.6 Å². The fraction of sp³-hybridized carbons (Fsp3) is 0.682. The van der Waals surface area contributed by atoms with E-state index in [1.54, 1.807) is 46.8 Å². The number of ether oxygens (including phenoxy) is 5. The minimum absolute atomic E-state index is 0.0247. The van der Waals surface area contributed by atoms with Crippen LogP contribution >= 0.6 is 0 Å². The number of hydrogen-bond acceptors (Lipinski definition) is 11. The fourth-order valence-electron chi connectivity index (χ4n) is 9.59. The van der Waals surface area contributed by atoms with Crippen molar-refractivity contribution < 1.29 is 56.7 Å². The lowest BCUT2D eigenvalue weighted by Crippen LogP contribution is -2.62. The number of aliphatic hydroxyl groups excluding tert-OH is 1. The molecule has 0 aliphatic carbocycles. The Morgan fingerprint density at radius 1 is 1.05 bits per heavy atom. The summed E-state index contributed by atoms with van der Waals surface area (Å²) < 4.78 is 63.2. The average Bonchev–Trinajstić information content (AvgIpc) is 3.71. The van der Waals surface area contributed by atoms with Crippen LogP contribution in [0.15, 0.2) is 43.1 Å². The SMILES string of the molecule is C=CCN[C@H]1C[C@@H](C)O[C@@H](O[C@@H]2[C@H](C)C(=O)[C@](C)(F)C(=O)O[C@H](CC)[C@@]3(C)OC(=O)N(CCCCn4ccc5cc(F)ccc54)C3[C@@H](C)C(=O)[C@H](C)C[C@@]2(C)OC)[C@H]1O. The summed E-state index contributed by atoms with van der Waals surface area (Å²) in [6.07, 6.45) is -1.04. The van der Waals surface area contributed by atoms with E-state index < -0.39 is 89.2 Å². The number of carbonyl (C=O) groups is 4. The molecule has 0 saturated carbocycles. The predicted molar refractivity (Wildman–Crippen MR) is 216 cm³/mol. The largest absolute Gasteiger partial charge is 0.455 e. The number of unbranched alkanes of at least 4 members (excludes halogenated alkanes) is 1. The number of nitrogens with one attached hydrogen (secondary N) is 1. The second-order valence-electron chi connectivity index (χ2n) is 17.3. The molecule has 2 N–H and O–H groups in total. The first-order valence-electron chi connectivity index (χ1n) is 20.8. The van der Waals surface area contributed by atoms with E-state index in [1.807, 2.05) is 23.8 Å². The Kier molecular flexibility index (Phi) is 14.5. The van der Waals surface area contributed by atoms with Crippen LogP contribution in [0.25, 0.3) is 10.9 Å². The van der Waals surface area contributed by atoms with Crippen molar-refractivity contribution in [1.29, 1.82) is 0 Å². The highest BCUT2D eigenvalue weighted by Gasteiger charge is 2.61. The first kappa shape index (κ1) is 46.3. The highest BCUT2D eigenvalue weighted by molar-refractivity contribution is 6.08. The van der Waals surface area contributed by atoms with E-state index in [4.69, 9.17) is 23.7 Å². The molecule has 3 aliphatic rings. The van der Waals surface area contributed by atoms with Gasteiger partial charge in [-0.15, -0.1) is 6.58 Å². The number of aromatic nitrogens is 1. The van der Waals surface area contributed by atoms with Crippen LogP contribution in [0.3, 0.4) is 0 Å². The van der Waals surface area contributed by atoms with Crippen molar-refractivity contribution in [2.45, 2.75) is 154 Å². The summed E-state index contributed by atoms with van der Waals surface area (Å²) in [5.74, 6) is -6.24. The molecule has 0 bridgehead atoms. The van der Waals surface area contributed by atoms with Crippen molar-refractivity contribution in [2.75, 3.05) is 20.2 Å². The molecular weight excluding hydrogens is 768 g/mol. The zero-order valence-electron chi connectivity index (χ0n) is 35.9. The van der Waals surface area contributed by atoms with Gasteiger partial charge in [-0.1, -0.05) is 33.8 Å². The van der Waals surface area contributed by atoms with Crippen LogP contribution in [0.5, 0.6) is 0 Å². The number of Topliss-reactive ketones (excluding diaryl/α,β-unsaturated/α-hetero) is 2. The molecule has 1 aromatic heterocycles. The second kappa shape index (κ2) is 18.5. The van der Waals surface area contributed by atoms with Gasteiger partial charge >= 0.3 is 12.1 Å². The number of alkyl halides is 1. The van der Waals surface area contributed by atoms with Gasteiger partial charge in [0.2, 0.25) is 0 Å². The normalized spacial score (nSPS) is 37.5. The lowest BCUT2D eigenvalue weighted by atomic mass is 9.73. The lowest BCUT2D eigenvalue weighted by Gasteiger charge is -2.46. The lowest BCUT2D eigenvalue weighted by molar-refractivity contribution is -0.290. The topological polar surface area (TPSA) is 155 Å². The molecule has 13 atom stereocenters. The number of amides is 1. The number of methoxy groups -OCH3 is 1. The van der Waals surface area contributed by atoms with Crippen LogP contribution in [0.2, 0.25) is 0 Å². The van der Waals surface area contributed by atoms with Crippen molar-refractivity contribution in [2.24, 2.45) is 17.8 Å². The van der Waals surface area contributed by atoms with E-state index in [-0.39, 0.29) is 37.1 Å². The van der Waals surface area contributed by atoms with Gasteiger partial charge in [0.25, 0.3) is 5.67 Å². The summed E-state index contributed by atoms with van der Waals surface area (Å²) in [6, 6.07) is 5.01. The minimum atomic E-state index is -3.20. The molecule has 3 fully saturated rings. The molecular formula is C44H63F2N3O10. The third kappa shape index (κ3) is 9.29. The highest BCUT2D eigenvalue weighted by Crippen LogP contribution is 2.43. The molecule has 0 radical (unpaired) electrons. The maximum absolute atomic E-state index is 16.9. The molecule has 2 aromatic rings. The Morgan fingerprint density at radius 2 is 1.75 bits per heavy atom. The van der Waals surface area contributed by atoms with Crippen molar-refractivity contribution >= 4 is 34.5 Å². The third-order valence-corrected chi connectivity index (χ3v) is 12.9. The molecule has 0 spiro atoms. The van der Waals surface area contributed by atoms with Gasteiger partial charge in [0.1, 0.15) is 23.8 Å². The number of nitrogens with zero attached hydrogens (tertiary/aromatic N) is 2. The van der Waals surface area contributed by atoms with E-state index >= 15 is 4.39 Å². The van der Waals surface area contributed by atoms with E-state index in [9.17, 15) is 28.7 Å². The summed E-state index contributed by atoms with van der Waals surface area (Å²) in [5, 5.41) is 15.4. The molecule has 3 aliphatic heterocycles. The minimum Gasteiger partial charge on any atom is -0.455 e. The maximum atomic E-state index is 16.9. The molecule has 5 rings (SSSR count). The van der Waals surface area contributed by atoms with E-state index in [2.05, 4.69) is 11.9 Å². The molecule has 4 heterocycles. The summed E-state index contributed by atoms with van der Waals surface area (Å²) in [7, 11) is 1.39. The Hall–Kier alpha value is -3.76. The van der Waals surface area contributed by atoms with Crippen molar-refractivity contribution in [1.82, 2.24) is 14.8 Å². The fourth-order valence-corrected chi connectivity index (χ4v) is 9.59. The number of benzene rings is 1. The predicted octanol–water partition coefficient (Wildman–Crippen LogP) is 6.07. The maximum Gasteiger partial charge on any atom is 0.410 e. The standard InChI is InChI=1S/C44H63F2N3O10/c1-11-18-47-31-22-26(4)56-39(35(31)51)58-38-28(6)37(52)43(8,46)40(53)57-33(12-2)44(9)36(27(5)34(50)25(3)24-42(38,7)55-10)49(41(54)59-44)20-14-13-19-48-21-17-29-23-30(45)15-16-32(29)48/h11,15-17,21,23,25-28,31,33,35-36,38-39,47,51H,1,12-14,18-20,22,24H2,2-10H3/t25-,26-,27+,28-,31+,33-,35+,36?,38-,39+,42-,43+,44-/m1/s1. The van der Waals surface area contributed by atoms with Gasteiger partial charge in [0.15, 0.2) is 17.7 Å². The monoisotopic (exact) mass is 831 g/mol. The van der Waals surface area contributed by atoms with E-state index in [1.165, 1.54) is 31.1 Å².